The quantitative estimate of drug-likeness (QED) is 0.560. The fraction of sp³-hybridized carbons (Fsp3) is 0.182. The molecule has 3 aromatic rings. The van der Waals surface area contributed by atoms with Gasteiger partial charge in [0, 0.05) is 5.56 Å². The molecule has 1 nitrogen and oxygen atoms in total. The average Bonchev–Trinajstić information content (AvgIpc) is 2.55. The van der Waals surface area contributed by atoms with Gasteiger partial charge in [-0.2, -0.15) is 0 Å². The van der Waals surface area contributed by atoms with E-state index in [0.29, 0.717) is 0 Å². The molecule has 0 fully saturated rings. The average molecular weight is 302 g/mol. The molecular formula is C22H22O. The van der Waals surface area contributed by atoms with Gasteiger partial charge >= 0.3 is 0 Å². The van der Waals surface area contributed by atoms with E-state index in [9.17, 15) is 0 Å². The minimum Gasteiger partial charge on any atom is -0.488 e. The molecule has 0 heterocycles. The lowest BCUT2D eigenvalue weighted by molar-refractivity contribution is 0.132. The van der Waals surface area contributed by atoms with Gasteiger partial charge < -0.3 is 4.74 Å². The van der Waals surface area contributed by atoms with E-state index in [1.54, 1.807) is 0 Å². The molecule has 0 aromatic heterocycles. The lowest BCUT2D eigenvalue weighted by Crippen LogP contribution is -2.23. The number of para-hydroxylation sites is 1. The molecule has 0 bridgehead atoms. The van der Waals surface area contributed by atoms with Crippen LogP contribution in [0, 0.1) is 0 Å². The van der Waals surface area contributed by atoms with Gasteiger partial charge in [0.1, 0.15) is 11.4 Å². The van der Waals surface area contributed by atoms with Gasteiger partial charge in [0.05, 0.1) is 0 Å². The minimum atomic E-state index is -0.208. The first-order valence-corrected chi connectivity index (χ1v) is 7.97. The zero-order valence-electron chi connectivity index (χ0n) is 13.9. The highest BCUT2D eigenvalue weighted by atomic mass is 16.5. The second kappa shape index (κ2) is 6.29. The number of hydrogen-bond acceptors (Lipinski definition) is 1. The molecule has 0 atom stereocenters. The summed E-state index contributed by atoms with van der Waals surface area (Å²) in [4.78, 5) is 0. The van der Waals surface area contributed by atoms with Crippen LogP contribution in [0.5, 0.6) is 5.75 Å². The highest BCUT2D eigenvalue weighted by Crippen LogP contribution is 2.33. The molecule has 0 saturated heterocycles. The summed E-state index contributed by atoms with van der Waals surface area (Å²) >= 11 is 0. The first-order chi connectivity index (χ1) is 11.0. The molecular weight excluding hydrogens is 280 g/mol. The van der Waals surface area contributed by atoms with Crippen LogP contribution in [0.2, 0.25) is 0 Å². The maximum Gasteiger partial charge on any atom is 0.127 e. The summed E-state index contributed by atoms with van der Waals surface area (Å²) in [6.45, 7) is 6.22. The van der Waals surface area contributed by atoms with Gasteiger partial charge in [-0.3, -0.25) is 0 Å². The highest BCUT2D eigenvalue weighted by Gasteiger charge is 2.15. The summed E-state index contributed by atoms with van der Waals surface area (Å²) in [5, 5.41) is 0. The Hall–Kier alpha value is -2.54. The molecule has 0 unspecified atom stereocenters. The summed E-state index contributed by atoms with van der Waals surface area (Å²) in [5.41, 5.74) is 4.55. The molecule has 1 heteroatoms. The molecule has 0 aliphatic rings. The van der Waals surface area contributed by atoms with Crippen molar-refractivity contribution < 1.29 is 4.74 Å². The highest BCUT2D eigenvalue weighted by molar-refractivity contribution is 5.74. The van der Waals surface area contributed by atoms with Gasteiger partial charge in [-0.1, -0.05) is 72.8 Å². The zero-order chi connectivity index (χ0) is 16.3. The molecule has 0 spiro atoms. The largest absolute Gasteiger partial charge is 0.488 e. The summed E-state index contributed by atoms with van der Waals surface area (Å²) < 4.78 is 6.10. The molecule has 0 aliphatic carbocycles. The number of rotatable bonds is 3. The van der Waals surface area contributed by atoms with Crippen LogP contribution in [-0.2, 0) is 0 Å². The van der Waals surface area contributed by atoms with Crippen molar-refractivity contribution in [2.75, 3.05) is 0 Å². The number of ether oxygens (including phenoxy) is 1. The molecule has 116 valence electrons. The van der Waals surface area contributed by atoms with E-state index in [2.05, 4.69) is 81.4 Å². The van der Waals surface area contributed by atoms with Crippen molar-refractivity contribution in [3.8, 4) is 28.0 Å². The Morgan fingerprint density at radius 3 is 1.74 bits per heavy atom. The van der Waals surface area contributed by atoms with Gasteiger partial charge in [-0.15, -0.1) is 0 Å². The third-order valence-electron chi connectivity index (χ3n) is 3.61. The van der Waals surface area contributed by atoms with Gasteiger partial charge in [-0.25, -0.2) is 0 Å². The summed E-state index contributed by atoms with van der Waals surface area (Å²) in [5.74, 6) is 0.924. The summed E-state index contributed by atoms with van der Waals surface area (Å²) in [7, 11) is 0. The van der Waals surface area contributed by atoms with Crippen molar-refractivity contribution in [2.24, 2.45) is 0 Å². The maximum absolute atomic E-state index is 6.10. The first kappa shape index (κ1) is 15.4. The van der Waals surface area contributed by atoms with Crippen LogP contribution >= 0.6 is 0 Å². The summed E-state index contributed by atoms with van der Waals surface area (Å²) in [6, 6.07) is 27.3. The van der Waals surface area contributed by atoms with Crippen molar-refractivity contribution in [3.05, 3.63) is 78.9 Å². The van der Waals surface area contributed by atoms with Crippen LogP contribution in [0.4, 0.5) is 0 Å². The molecule has 0 saturated carbocycles. The van der Waals surface area contributed by atoms with E-state index >= 15 is 0 Å². The number of benzene rings is 3. The second-order valence-corrected chi connectivity index (χ2v) is 6.65. The third kappa shape index (κ3) is 3.81. The smallest absolute Gasteiger partial charge is 0.127 e. The molecule has 0 aliphatic heterocycles. The Kier molecular flexibility index (Phi) is 4.20. The lowest BCUT2D eigenvalue weighted by Gasteiger charge is -2.23. The van der Waals surface area contributed by atoms with Crippen LogP contribution < -0.4 is 4.74 Å². The predicted molar refractivity (Wildman–Crippen MR) is 97.7 cm³/mol. The molecule has 0 amide bonds. The summed E-state index contributed by atoms with van der Waals surface area (Å²) in [6.07, 6.45) is 0. The third-order valence-corrected chi connectivity index (χ3v) is 3.61. The van der Waals surface area contributed by atoms with E-state index in [1.807, 2.05) is 18.2 Å². The Balaban J connectivity index is 1.94. The van der Waals surface area contributed by atoms with Gasteiger partial charge in [0.15, 0.2) is 0 Å². The fourth-order valence-electron chi connectivity index (χ4n) is 2.60. The Morgan fingerprint density at radius 2 is 1.09 bits per heavy atom. The lowest BCUT2D eigenvalue weighted by atomic mass is 9.99. The predicted octanol–water partition coefficient (Wildman–Crippen LogP) is 6.20. The van der Waals surface area contributed by atoms with Crippen LogP contribution in [0.3, 0.4) is 0 Å². The van der Waals surface area contributed by atoms with Crippen LogP contribution in [0.1, 0.15) is 20.8 Å². The van der Waals surface area contributed by atoms with Gasteiger partial charge in [0.2, 0.25) is 0 Å². The van der Waals surface area contributed by atoms with Gasteiger partial charge in [0.25, 0.3) is 0 Å². The van der Waals surface area contributed by atoms with Crippen molar-refractivity contribution in [3.63, 3.8) is 0 Å². The molecule has 3 rings (SSSR count). The van der Waals surface area contributed by atoms with E-state index in [0.717, 1.165) is 11.3 Å². The SMILES string of the molecule is CC(C)(C)Oc1ccccc1-c1ccc(-c2ccccc2)cc1. The van der Waals surface area contributed by atoms with Crippen LogP contribution in [0.15, 0.2) is 78.9 Å². The Morgan fingerprint density at radius 1 is 0.565 bits per heavy atom. The van der Waals surface area contributed by atoms with Crippen LogP contribution in [-0.4, -0.2) is 5.60 Å². The Bertz CT molecular complexity index is 765. The number of hydrogen-bond donors (Lipinski definition) is 0. The topological polar surface area (TPSA) is 9.23 Å². The first-order valence-electron chi connectivity index (χ1n) is 7.97. The van der Waals surface area contributed by atoms with E-state index in [-0.39, 0.29) is 5.60 Å². The van der Waals surface area contributed by atoms with E-state index < -0.39 is 0 Å². The maximum atomic E-state index is 6.10. The van der Waals surface area contributed by atoms with Gasteiger partial charge in [-0.05, 0) is 43.5 Å². The van der Waals surface area contributed by atoms with Crippen molar-refractivity contribution in [1.29, 1.82) is 0 Å². The normalized spacial score (nSPS) is 11.3. The minimum absolute atomic E-state index is 0.208. The monoisotopic (exact) mass is 302 g/mol. The molecule has 3 aromatic carbocycles. The van der Waals surface area contributed by atoms with Crippen molar-refractivity contribution >= 4 is 0 Å². The Labute approximate surface area is 138 Å². The fourth-order valence-corrected chi connectivity index (χ4v) is 2.60. The van der Waals surface area contributed by atoms with E-state index in [1.165, 1.54) is 16.7 Å². The van der Waals surface area contributed by atoms with Crippen LogP contribution in [0.25, 0.3) is 22.3 Å². The van der Waals surface area contributed by atoms with Crippen molar-refractivity contribution in [2.45, 2.75) is 26.4 Å². The van der Waals surface area contributed by atoms with E-state index in [4.69, 9.17) is 4.74 Å². The second-order valence-electron chi connectivity index (χ2n) is 6.65. The molecule has 0 radical (unpaired) electrons. The van der Waals surface area contributed by atoms with Crippen molar-refractivity contribution in [1.82, 2.24) is 0 Å². The zero-order valence-corrected chi connectivity index (χ0v) is 13.9. The molecule has 0 N–H and O–H groups in total. The molecule has 23 heavy (non-hydrogen) atoms. The standard InChI is InChI=1S/C22H22O/c1-22(2,3)23-21-12-8-7-11-20(21)19-15-13-18(14-16-19)17-9-5-4-6-10-17/h4-16H,1-3H3.